The number of hydroxylamine groups is 2. The van der Waals surface area contributed by atoms with Crippen LogP contribution in [0.3, 0.4) is 0 Å². The number of fused-ring (bicyclic) bond motifs is 3. The van der Waals surface area contributed by atoms with E-state index in [1.807, 2.05) is 17.8 Å². The third-order valence-electron chi connectivity index (χ3n) is 3.82. The molecule has 1 aromatic carbocycles. The van der Waals surface area contributed by atoms with Gasteiger partial charge in [-0.1, -0.05) is 0 Å². The second-order valence-corrected chi connectivity index (χ2v) is 6.06. The largest absolute Gasteiger partial charge is 0.454 e. The Bertz CT molecular complexity index is 478. The Morgan fingerprint density at radius 1 is 1.39 bits per heavy atom. The third-order valence-corrected chi connectivity index (χ3v) is 4.96. The first-order chi connectivity index (χ1) is 8.63. The molecule has 0 radical (unpaired) electrons. The first-order valence-electron chi connectivity index (χ1n) is 6.11. The van der Waals surface area contributed by atoms with Crippen LogP contribution < -0.4 is 9.47 Å². The van der Waals surface area contributed by atoms with E-state index in [0.717, 1.165) is 35.7 Å². The number of hydrogen-bond acceptors (Lipinski definition) is 5. The fourth-order valence-electron chi connectivity index (χ4n) is 2.63. The van der Waals surface area contributed by atoms with E-state index in [4.69, 9.17) is 9.47 Å². The Hall–Kier alpha value is -0.910. The lowest BCUT2D eigenvalue weighted by molar-refractivity contribution is -0.154. The molecule has 5 heteroatoms. The zero-order valence-electron chi connectivity index (χ0n) is 10.6. The summed E-state index contributed by atoms with van der Waals surface area (Å²) >= 11 is 1.82. The van der Waals surface area contributed by atoms with Crippen LogP contribution >= 0.6 is 11.8 Å². The predicted molar refractivity (Wildman–Crippen MR) is 69.4 cm³/mol. The molecule has 4 nitrogen and oxygen atoms in total. The van der Waals surface area contributed by atoms with E-state index >= 15 is 0 Å². The molecule has 1 N–H and O–H groups in total. The van der Waals surface area contributed by atoms with E-state index in [1.165, 1.54) is 9.96 Å². The molecule has 0 amide bonds. The molecule has 1 unspecified atom stereocenters. The predicted octanol–water partition coefficient (Wildman–Crippen LogP) is 2.84. The van der Waals surface area contributed by atoms with Crippen molar-refractivity contribution in [2.45, 2.75) is 30.2 Å². The summed E-state index contributed by atoms with van der Waals surface area (Å²) in [4.78, 5) is 1.18. The lowest BCUT2D eigenvalue weighted by Crippen LogP contribution is -2.39. The maximum absolute atomic E-state index is 10.1. The van der Waals surface area contributed by atoms with Crippen LogP contribution in [-0.4, -0.2) is 29.9 Å². The molecule has 0 bridgehead atoms. The smallest absolute Gasteiger partial charge is 0.231 e. The summed E-state index contributed by atoms with van der Waals surface area (Å²) in [6.07, 6.45) is 1.97. The lowest BCUT2D eigenvalue weighted by Gasteiger charge is -2.35. The van der Waals surface area contributed by atoms with Crippen LogP contribution in [0.15, 0.2) is 17.0 Å². The van der Waals surface area contributed by atoms with Crippen molar-refractivity contribution in [1.82, 2.24) is 5.06 Å². The van der Waals surface area contributed by atoms with E-state index in [9.17, 15) is 5.21 Å². The van der Waals surface area contributed by atoms with Crippen molar-refractivity contribution in [3.8, 4) is 11.5 Å². The Balaban J connectivity index is 2.22. The van der Waals surface area contributed by atoms with E-state index in [1.54, 1.807) is 7.05 Å². The van der Waals surface area contributed by atoms with Crippen LogP contribution in [0.1, 0.15) is 25.3 Å². The maximum Gasteiger partial charge on any atom is 0.231 e. The van der Waals surface area contributed by atoms with Gasteiger partial charge in [-0.05, 0) is 37.7 Å². The summed E-state index contributed by atoms with van der Waals surface area (Å²) in [6.45, 7) is 2.32. The van der Waals surface area contributed by atoms with Crippen molar-refractivity contribution >= 4 is 11.8 Å². The molecule has 1 aromatic rings. The first-order valence-corrected chi connectivity index (χ1v) is 7.10. The van der Waals surface area contributed by atoms with Crippen LogP contribution in [0.2, 0.25) is 0 Å². The topological polar surface area (TPSA) is 41.9 Å². The summed E-state index contributed by atoms with van der Waals surface area (Å²) in [5, 5.41) is 11.4. The SMILES string of the molecule is CN(O)C1(C)CCCSc2ccc3c(c21)OCO3. The van der Waals surface area contributed by atoms with E-state index in [0.29, 0.717) is 0 Å². The van der Waals surface area contributed by atoms with Gasteiger partial charge in [-0.2, -0.15) is 5.06 Å². The van der Waals surface area contributed by atoms with Gasteiger partial charge in [0, 0.05) is 17.5 Å². The fourth-order valence-corrected chi connectivity index (χ4v) is 3.76. The van der Waals surface area contributed by atoms with Gasteiger partial charge >= 0.3 is 0 Å². The summed E-state index contributed by atoms with van der Waals surface area (Å²) in [5.41, 5.74) is 0.641. The Labute approximate surface area is 111 Å². The molecule has 1 atom stereocenters. The standard InChI is InChI=1S/C13H17NO3S/c1-13(14(2)15)6-3-7-18-10-5-4-9-12(11(10)13)17-8-16-9/h4-5,15H,3,6-8H2,1-2H3. The second kappa shape index (κ2) is 4.33. The molecule has 2 aliphatic rings. The normalized spacial score (nSPS) is 26.0. The molecule has 3 rings (SSSR count). The molecule has 0 spiro atoms. The fraction of sp³-hybridized carbons (Fsp3) is 0.538. The molecule has 98 valence electrons. The average Bonchev–Trinajstić information content (AvgIpc) is 2.74. The van der Waals surface area contributed by atoms with Gasteiger partial charge in [0.15, 0.2) is 11.5 Å². The van der Waals surface area contributed by atoms with Gasteiger partial charge in [0.05, 0.1) is 5.54 Å². The van der Waals surface area contributed by atoms with Gasteiger partial charge in [0.1, 0.15) is 0 Å². The van der Waals surface area contributed by atoms with Gasteiger partial charge in [0.2, 0.25) is 6.79 Å². The monoisotopic (exact) mass is 267 g/mol. The maximum atomic E-state index is 10.1. The quantitative estimate of drug-likeness (QED) is 0.792. The minimum absolute atomic E-state index is 0.266. The molecule has 2 aliphatic heterocycles. The molecule has 2 heterocycles. The van der Waals surface area contributed by atoms with Gasteiger partial charge in [-0.3, -0.25) is 0 Å². The summed E-state index contributed by atoms with van der Waals surface area (Å²) in [6, 6.07) is 4.03. The molecule has 0 saturated heterocycles. The minimum atomic E-state index is -0.419. The van der Waals surface area contributed by atoms with E-state index < -0.39 is 5.54 Å². The van der Waals surface area contributed by atoms with E-state index in [-0.39, 0.29) is 6.79 Å². The number of ether oxygens (including phenoxy) is 2. The summed E-state index contributed by atoms with van der Waals surface area (Å²) < 4.78 is 11.1. The molecular weight excluding hydrogens is 250 g/mol. The molecule has 0 saturated carbocycles. The van der Waals surface area contributed by atoms with Crippen LogP contribution in [0.5, 0.6) is 11.5 Å². The number of rotatable bonds is 1. The number of hydrogen-bond donors (Lipinski definition) is 1. The summed E-state index contributed by atoms with van der Waals surface area (Å²) in [5.74, 6) is 2.64. The lowest BCUT2D eigenvalue weighted by atomic mass is 9.86. The molecule has 0 aliphatic carbocycles. The van der Waals surface area contributed by atoms with Gasteiger partial charge < -0.3 is 14.7 Å². The highest BCUT2D eigenvalue weighted by atomic mass is 32.2. The molecule has 0 aromatic heterocycles. The van der Waals surface area contributed by atoms with Crippen molar-refractivity contribution < 1.29 is 14.7 Å². The Morgan fingerprint density at radius 3 is 3.00 bits per heavy atom. The van der Waals surface area contributed by atoms with Crippen LogP contribution in [-0.2, 0) is 5.54 Å². The third kappa shape index (κ3) is 1.69. The number of nitrogens with zero attached hydrogens (tertiary/aromatic N) is 1. The minimum Gasteiger partial charge on any atom is -0.454 e. The van der Waals surface area contributed by atoms with Crippen LogP contribution in [0.25, 0.3) is 0 Å². The number of benzene rings is 1. The van der Waals surface area contributed by atoms with Crippen molar-refractivity contribution in [1.29, 1.82) is 0 Å². The van der Waals surface area contributed by atoms with Gasteiger partial charge in [-0.15, -0.1) is 11.8 Å². The summed E-state index contributed by atoms with van der Waals surface area (Å²) in [7, 11) is 1.70. The Morgan fingerprint density at radius 2 is 2.22 bits per heavy atom. The highest BCUT2D eigenvalue weighted by Crippen LogP contribution is 2.50. The molecular formula is C13H17NO3S. The van der Waals surface area contributed by atoms with Gasteiger partial charge in [0.25, 0.3) is 0 Å². The van der Waals surface area contributed by atoms with Gasteiger partial charge in [-0.25, -0.2) is 0 Å². The zero-order chi connectivity index (χ0) is 12.8. The van der Waals surface area contributed by atoms with Crippen LogP contribution in [0.4, 0.5) is 0 Å². The van der Waals surface area contributed by atoms with Crippen molar-refractivity contribution in [2.24, 2.45) is 0 Å². The first kappa shape index (κ1) is 12.1. The van der Waals surface area contributed by atoms with Crippen molar-refractivity contribution in [3.63, 3.8) is 0 Å². The molecule has 18 heavy (non-hydrogen) atoms. The highest BCUT2D eigenvalue weighted by Gasteiger charge is 2.39. The second-order valence-electron chi connectivity index (χ2n) is 4.92. The van der Waals surface area contributed by atoms with Crippen LogP contribution in [0, 0.1) is 0 Å². The van der Waals surface area contributed by atoms with Crippen molar-refractivity contribution in [2.75, 3.05) is 19.6 Å². The Kier molecular flexibility index (Phi) is 2.92. The van der Waals surface area contributed by atoms with E-state index in [2.05, 4.69) is 13.0 Å². The zero-order valence-corrected chi connectivity index (χ0v) is 11.4. The number of thioether (sulfide) groups is 1. The molecule has 0 fully saturated rings. The highest BCUT2D eigenvalue weighted by molar-refractivity contribution is 7.99. The van der Waals surface area contributed by atoms with Crippen molar-refractivity contribution in [3.05, 3.63) is 17.7 Å². The average molecular weight is 267 g/mol.